The lowest BCUT2D eigenvalue weighted by Crippen LogP contribution is -2.54. The first-order valence-electron chi connectivity index (χ1n) is 15.7. The summed E-state index contributed by atoms with van der Waals surface area (Å²) in [6, 6.07) is 17.7. The van der Waals surface area contributed by atoms with Crippen molar-refractivity contribution in [3.63, 3.8) is 0 Å². The van der Waals surface area contributed by atoms with Crippen molar-refractivity contribution in [1.29, 1.82) is 0 Å². The van der Waals surface area contributed by atoms with E-state index in [0.717, 1.165) is 47.5 Å². The van der Waals surface area contributed by atoms with Gasteiger partial charge in [-0.05, 0) is 68.1 Å². The van der Waals surface area contributed by atoms with Gasteiger partial charge in [-0.25, -0.2) is 8.42 Å². The van der Waals surface area contributed by atoms with Crippen LogP contribution in [-0.2, 0) is 26.2 Å². The van der Waals surface area contributed by atoms with Gasteiger partial charge < -0.3 is 24.4 Å². The molecule has 1 atom stereocenters. The fourth-order valence-corrected chi connectivity index (χ4v) is 7.19. The van der Waals surface area contributed by atoms with Crippen molar-refractivity contribution in [1.82, 2.24) is 10.2 Å². The van der Waals surface area contributed by atoms with Crippen molar-refractivity contribution in [3.05, 3.63) is 77.9 Å². The van der Waals surface area contributed by atoms with Crippen LogP contribution in [0.5, 0.6) is 17.2 Å². The van der Waals surface area contributed by atoms with Crippen molar-refractivity contribution in [2.45, 2.75) is 75.9 Å². The molecule has 46 heavy (non-hydrogen) atoms. The van der Waals surface area contributed by atoms with Gasteiger partial charge in [-0.15, -0.1) is 0 Å². The number of rotatable bonds is 14. The Morgan fingerprint density at radius 1 is 0.891 bits per heavy atom. The second-order valence-electron chi connectivity index (χ2n) is 11.5. The van der Waals surface area contributed by atoms with Crippen LogP contribution in [0.15, 0.2) is 71.6 Å². The van der Waals surface area contributed by atoms with Crippen molar-refractivity contribution in [2.24, 2.45) is 0 Å². The van der Waals surface area contributed by atoms with E-state index >= 15 is 0 Å². The highest BCUT2D eigenvalue weighted by Gasteiger charge is 2.35. The highest BCUT2D eigenvalue weighted by molar-refractivity contribution is 7.92. The number of carbonyl (C=O) groups excluding carboxylic acids is 2. The smallest absolute Gasteiger partial charge is 0.264 e. The van der Waals surface area contributed by atoms with Crippen LogP contribution < -0.4 is 23.8 Å². The summed E-state index contributed by atoms with van der Waals surface area (Å²) in [6.45, 7) is 3.20. The summed E-state index contributed by atoms with van der Waals surface area (Å²) in [6.07, 6.45) is 5.35. The van der Waals surface area contributed by atoms with Gasteiger partial charge in [0.15, 0.2) is 0 Å². The van der Waals surface area contributed by atoms with Gasteiger partial charge in [-0.2, -0.15) is 0 Å². The zero-order chi connectivity index (χ0) is 33.3. The number of carbonyl (C=O) groups is 2. The molecule has 0 spiro atoms. The maximum Gasteiger partial charge on any atom is 0.264 e. The maximum absolute atomic E-state index is 14.5. The Kier molecular flexibility index (Phi) is 11.9. The average molecular weight is 652 g/mol. The van der Waals surface area contributed by atoms with Crippen molar-refractivity contribution in [2.75, 3.05) is 32.2 Å². The van der Waals surface area contributed by atoms with Gasteiger partial charge in [0.05, 0.1) is 31.9 Å². The molecule has 0 unspecified atom stereocenters. The molecule has 0 saturated heterocycles. The maximum atomic E-state index is 14.5. The van der Waals surface area contributed by atoms with Crippen molar-refractivity contribution in [3.8, 4) is 17.2 Å². The van der Waals surface area contributed by atoms with E-state index in [1.54, 1.807) is 43.5 Å². The highest BCUT2D eigenvalue weighted by atomic mass is 32.2. The Morgan fingerprint density at radius 3 is 2.20 bits per heavy atom. The minimum Gasteiger partial charge on any atom is -0.497 e. The van der Waals surface area contributed by atoms with Crippen LogP contribution in [0.25, 0.3) is 0 Å². The molecule has 11 heteroatoms. The van der Waals surface area contributed by atoms with Crippen LogP contribution in [0.2, 0.25) is 0 Å². The molecule has 0 aromatic heterocycles. The standard InChI is InChI=1S/C35H45N3O7S/c1-6-31(35(40)36-27-12-8-7-9-13-27)37(23-26-11-10-14-28(21-26)43-3)34(39)24-38(32-22-29(44-4)17-20-33(32)45-5)46(41,42)30-18-15-25(2)16-19-30/h10-11,14-22,27,31H,6-9,12-13,23-24H2,1-5H3,(H,36,40)/t31-/m0/s1. The number of ether oxygens (including phenoxy) is 3. The monoisotopic (exact) mass is 651 g/mol. The summed E-state index contributed by atoms with van der Waals surface area (Å²) < 4.78 is 46.0. The van der Waals surface area contributed by atoms with Gasteiger partial charge in [-0.3, -0.25) is 13.9 Å². The van der Waals surface area contributed by atoms with Gasteiger partial charge in [0.25, 0.3) is 10.0 Å². The largest absolute Gasteiger partial charge is 0.497 e. The third-order valence-electron chi connectivity index (χ3n) is 8.37. The quantitative estimate of drug-likeness (QED) is 0.246. The second kappa shape index (κ2) is 15.8. The van der Waals surface area contributed by atoms with E-state index in [9.17, 15) is 18.0 Å². The first-order chi connectivity index (χ1) is 22.1. The van der Waals surface area contributed by atoms with Crippen LogP contribution in [-0.4, -0.2) is 65.1 Å². The van der Waals surface area contributed by atoms with E-state index in [4.69, 9.17) is 14.2 Å². The minimum atomic E-state index is -4.29. The molecule has 2 amide bonds. The number of anilines is 1. The van der Waals surface area contributed by atoms with Crippen molar-refractivity contribution < 1.29 is 32.2 Å². The minimum absolute atomic E-state index is 0.0113. The lowest BCUT2D eigenvalue weighted by Gasteiger charge is -2.34. The first-order valence-corrected chi connectivity index (χ1v) is 17.1. The zero-order valence-corrected chi connectivity index (χ0v) is 28.1. The van der Waals surface area contributed by atoms with Crippen LogP contribution in [0.1, 0.15) is 56.6 Å². The Bertz CT molecular complexity index is 1590. The predicted molar refractivity (Wildman–Crippen MR) is 178 cm³/mol. The molecule has 3 aromatic carbocycles. The Balaban J connectivity index is 1.78. The molecule has 0 aliphatic heterocycles. The van der Waals surface area contributed by atoms with Gasteiger partial charge >= 0.3 is 0 Å². The second-order valence-corrected chi connectivity index (χ2v) is 13.4. The van der Waals surface area contributed by atoms with E-state index in [-0.39, 0.29) is 34.8 Å². The SMILES string of the molecule is CC[C@@H](C(=O)NC1CCCCC1)N(Cc1cccc(OC)c1)C(=O)CN(c1cc(OC)ccc1OC)S(=O)(=O)c1ccc(C)cc1. The molecule has 1 saturated carbocycles. The van der Waals surface area contributed by atoms with Gasteiger partial charge in [0.2, 0.25) is 11.8 Å². The molecular formula is C35H45N3O7S. The third kappa shape index (κ3) is 8.31. The number of nitrogens with zero attached hydrogens (tertiary/aromatic N) is 2. The molecule has 248 valence electrons. The number of hydrogen-bond acceptors (Lipinski definition) is 7. The molecule has 1 aliphatic rings. The molecule has 1 N–H and O–H groups in total. The van der Waals surface area contributed by atoms with Crippen molar-refractivity contribution >= 4 is 27.5 Å². The molecule has 3 aromatic rings. The van der Waals surface area contributed by atoms with Gasteiger partial charge in [0, 0.05) is 18.7 Å². The van der Waals surface area contributed by atoms with Gasteiger partial charge in [0.1, 0.15) is 29.8 Å². The van der Waals surface area contributed by atoms with E-state index in [0.29, 0.717) is 17.9 Å². The molecule has 0 heterocycles. The number of amides is 2. The first kappa shape index (κ1) is 34.6. The summed E-state index contributed by atoms with van der Waals surface area (Å²) in [5, 5.41) is 3.17. The zero-order valence-electron chi connectivity index (χ0n) is 27.3. The Hall–Kier alpha value is -4.25. The van der Waals surface area contributed by atoms with E-state index in [1.807, 2.05) is 26.0 Å². The number of hydrogen-bond donors (Lipinski definition) is 1. The highest BCUT2D eigenvalue weighted by Crippen LogP contribution is 2.36. The average Bonchev–Trinajstić information content (AvgIpc) is 3.07. The fourth-order valence-electron chi connectivity index (χ4n) is 5.77. The topological polar surface area (TPSA) is 114 Å². The number of benzene rings is 3. The summed E-state index contributed by atoms with van der Waals surface area (Å²) in [4.78, 5) is 29.8. The Morgan fingerprint density at radius 2 is 1.57 bits per heavy atom. The van der Waals surface area contributed by atoms with Crippen LogP contribution >= 0.6 is 0 Å². The van der Waals surface area contributed by atoms with E-state index in [1.165, 1.54) is 37.3 Å². The van der Waals surface area contributed by atoms with Crippen LogP contribution in [0.3, 0.4) is 0 Å². The summed E-state index contributed by atoms with van der Waals surface area (Å²) in [5.74, 6) is 0.436. The number of aryl methyl sites for hydroxylation is 1. The fraction of sp³-hybridized carbons (Fsp3) is 0.429. The lowest BCUT2D eigenvalue weighted by molar-refractivity contribution is -0.140. The van der Waals surface area contributed by atoms with E-state index < -0.39 is 28.5 Å². The molecule has 0 bridgehead atoms. The molecular weight excluding hydrogens is 606 g/mol. The number of nitrogens with one attached hydrogen (secondary N) is 1. The third-order valence-corrected chi connectivity index (χ3v) is 10.1. The van der Waals surface area contributed by atoms with E-state index in [2.05, 4.69) is 5.32 Å². The number of sulfonamides is 1. The summed E-state index contributed by atoms with van der Waals surface area (Å²) >= 11 is 0. The molecule has 1 aliphatic carbocycles. The molecule has 0 radical (unpaired) electrons. The molecule has 10 nitrogen and oxygen atoms in total. The lowest BCUT2D eigenvalue weighted by atomic mass is 9.95. The summed E-state index contributed by atoms with van der Waals surface area (Å²) in [5.41, 5.74) is 1.76. The predicted octanol–water partition coefficient (Wildman–Crippen LogP) is 5.47. The molecule has 4 rings (SSSR count). The number of methoxy groups -OCH3 is 3. The Labute approximate surface area is 272 Å². The normalized spacial score (nSPS) is 14.2. The van der Waals surface area contributed by atoms with Crippen LogP contribution in [0, 0.1) is 6.92 Å². The van der Waals surface area contributed by atoms with Gasteiger partial charge in [-0.1, -0.05) is 56.0 Å². The van der Waals surface area contributed by atoms with Crippen LogP contribution in [0.4, 0.5) is 5.69 Å². The molecule has 1 fully saturated rings. The summed E-state index contributed by atoms with van der Waals surface area (Å²) in [7, 11) is 0.180.